The molecule has 0 aliphatic carbocycles. The Labute approximate surface area is 266 Å². The molecule has 2 rings (SSSR count). The topological polar surface area (TPSA) is 91.3 Å². The molecule has 0 spiro atoms. The molecule has 0 fully saturated rings. The number of aliphatic hydroxyl groups excluding tert-OH is 1. The lowest BCUT2D eigenvalue weighted by atomic mass is 10.0. The molecule has 0 heterocycles. The van der Waals surface area contributed by atoms with Crippen LogP contribution in [0.2, 0.25) is 0 Å². The summed E-state index contributed by atoms with van der Waals surface area (Å²) in [5, 5.41) is 10.7. The third kappa shape index (κ3) is 15.8. The first-order valence-corrected chi connectivity index (χ1v) is 15.6. The summed E-state index contributed by atoms with van der Waals surface area (Å²) < 4.78 is 49.8. The van der Waals surface area contributed by atoms with Crippen LogP contribution in [0.1, 0.15) is 82.3 Å². The van der Waals surface area contributed by atoms with Gasteiger partial charge >= 0.3 is 11.9 Å². The standard InChI is InChI=1S/C36H48F2O7/c1-4-5-24-36(37,38)34(40)14-11-13-33(44-26-28-16-20-31(42-2)21-17-28)25-30(39)12-9-7-6-8-10-15-35(41)45-27-29-18-22-32(43-3)23-19-29/h6-7,11,14,16-23,30,33,39H,4-5,8-10,12-13,15,24-27H2,1-3H3/b7-6-,14-11+/t30-,33+/m1/s1. The van der Waals surface area contributed by atoms with Gasteiger partial charge in [-0.3, -0.25) is 9.59 Å². The monoisotopic (exact) mass is 630 g/mol. The number of benzene rings is 2. The van der Waals surface area contributed by atoms with Crippen molar-refractivity contribution >= 4 is 11.8 Å². The lowest BCUT2D eigenvalue weighted by molar-refractivity contribution is -0.145. The first-order valence-electron chi connectivity index (χ1n) is 15.6. The van der Waals surface area contributed by atoms with Gasteiger partial charge in [-0.05, 0) is 86.4 Å². The van der Waals surface area contributed by atoms with Crippen LogP contribution in [0.5, 0.6) is 11.5 Å². The number of carbonyl (C=O) groups excluding carboxylic acids is 2. The lowest BCUT2D eigenvalue weighted by Crippen LogP contribution is -2.27. The molecule has 0 aromatic heterocycles. The van der Waals surface area contributed by atoms with Crippen molar-refractivity contribution in [2.45, 2.75) is 102 Å². The number of unbranched alkanes of at least 4 members (excludes halogenated alkanes) is 2. The maximum Gasteiger partial charge on any atom is 0.309 e. The minimum atomic E-state index is -3.38. The van der Waals surface area contributed by atoms with Gasteiger partial charge in [0.15, 0.2) is 0 Å². The summed E-state index contributed by atoms with van der Waals surface area (Å²) in [5.74, 6) is -3.38. The lowest BCUT2D eigenvalue weighted by Gasteiger charge is -2.20. The second-order valence-corrected chi connectivity index (χ2v) is 10.9. The number of carbonyl (C=O) groups is 2. The molecule has 7 nitrogen and oxygen atoms in total. The van der Waals surface area contributed by atoms with Gasteiger partial charge in [0.25, 0.3) is 0 Å². The first-order chi connectivity index (χ1) is 21.7. The minimum Gasteiger partial charge on any atom is -0.497 e. The Morgan fingerprint density at radius 1 is 0.867 bits per heavy atom. The average molecular weight is 631 g/mol. The molecule has 1 N–H and O–H groups in total. The third-order valence-electron chi connectivity index (χ3n) is 7.20. The van der Waals surface area contributed by atoms with Gasteiger partial charge in [-0.25, -0.2) is 0 Å². The number of hydrogen-bond acceptors (Lipinski definition) is 7. The molecular formula is C36H48F2O7. The maximum absolute atomic E-state index is 14.1. The van der Waals surface area contributed by atoms with Crippen LogP contribution >= 0.6 is 0 Å². The number of aliphatic hydroxyl groups is 1. The second kappa shape index (κ2) is 21.2. The van der Waals surface area contributed by atoms with Crippen molar-refractivity contribution in [3.63, 3.8) is 0 Å². The number of hydrogen-bond donors (Lipinski definition) is 1. The SMILES string of the molecule is CCCCC(F)(F)C(=O)/C=C/C[C@@H](C[C@H](O)CC/C=C\CCCC(=O)OCc1ccc(OC)cc1)OCc1ccc(OC)cc1. The van der Waals surface area contributed by atoms with Crippen LogP contribution in [0.15, 0.2) is 72.8 Å². The number of methoxy groups -OCH3 is 2. The van der Waals surface area contributed by atoms with E-state index in [9.17, 15) is 23.5 Å². The number of esters is 1. The fourth-order valence-corrected chi connectivity index (χ4v) is 4.41. The molecule has 0 saturated carbocycles. The highest BCUT2D eigenvalue weighted by Crippen LogP contribution is 2.24. The van der Waals surface area contributed by atoms with Crippen molar-refractivity contribution in [1.29, 1.82) is 0 Å². The zero-order valence-corrected chi connectivity index (χ0v) is 26.7. The van der Waals surface area contributed by atoms with Crippen molar-refractivity contribution in [3.8, 4) is 11.5 Å². The zero-order valence-electron chi connectivity index (χ0n) is 26.7. The largest absolute Gasteiger partial charge is 0.497 e. The van der Waals surface area contributed by atoms with E-state index in [1.165, 1.54) is 6.08 Å². The Balaban J connectivity index is 1.76. The van der Waals surface area contributed by atoms with Gasteiger partial charge in [0.1, 0.15) is 18.1 Å². The summed E-state index contributed by atoms with van der Waals surface area (Å²) in [6.45, 7) is 2.28. The van der Waals surface area contributed by atoms with Gasteiger partial charge in [-0.15, -0.1) is 0 Å². The van der Waals surface area contributed by atoms with Gasteiger partial charge in [0.2, 0.25) is 5.78 Å². The Kier molecular flexibility index (Phi) is 17.7. The molecule has 248 valence electrons. The smallest absolute Gasteiger partial charge is 0.309 e. The van der Waals surface area contributed by atoms with Gasteiger partial charge in [0.05, 0.1) is 33.0 Å². The van der Waals surface area contributed by atoms with E-state index in [2.05, 4.69) is 0 Å². The summed E-state index contributed by atoms with van der Waals surface area (Å²) in [6.07, 6.45) is 8.84. The van der Waals surface area contributed by atoms with Gasteiger partial charge in [-0.2, -0.15) is 8.78 Å². The molecule has 0 saturated heterocycles. The molecule has 45 heavy (non-hydrogen) atoms. The second-order valence-electron chi connectivity index (χ2n) is 10.9. The van der Waals surface area contributed by atoms with Crippen LogP contribution in [0, 0.1) is 0 Å². The van der Waals surface area contributed by atoms with E-state index < -0.39 is 30.3 Å². The predicted octanol–water partition coefficient (Wildman–Crippen LogP) is 7.93. The number of rotatable bonds is 23. The summed E-state index contributed by atoms with van der Waals surface area (Å²) in [4.78, 5) is 24.1. The number of ether oxygens (including phenoxy) is 4. The zero-order chi connectivity index (χ0) is 32.9. The number of alkyl halides is 2. The number of allylic oxidation sites excluding steroid dienone is 3. The normalized spacial score (nSPS) is 13.2. The van der Waals surface area contributed by atoms with Gasteiger partial charge in [0, 0.05) is 12.8 Å². The third-order valence-corrected chi connectivity index (χ3v) is 7.20. The van der Waals surface area contributed by atoms with E-state index in [4.69, 9.17) is 18.9 Å². The van der Waals surface area contributed by atoms with Gasteiger partial charge < -0.3 is 24.1 Å². The van der Waals surface area contributed by atoms with Crippen molar-refractivity contribution in [2.75, 3.05) is 14.2 Å². The van der Waals surface area contributed by atoms with Crippen LogP contribution in [0.3, 0.4) is 0 Å². The maximum atomic E-state index is 14.1. The van der Waals surface area contributed by atoms with E-state index in [1.807, 2.05) is 60.7 Å². The fourth-order valence-electron chi connectivity index (χ4n) is 4.41. The van der Waals surface area contributed by atoms with E-state index in [0.717, 1.165) is 23.0 Å². The van der Waals surface area contributed by atoms with Crippen molar-refractivity contribution in [3.05, 3.63) is 84.0 Å². The highest BCUT2D eigenvalue weighted by Gasteiger charge is 2.35. The predicted molar refractivity (Wildman–Crippen MR) is 170 cm³/mol. The van der Waals surface area contributed by atoms with E-state index in [-0.39, 0.29) is 38.4 Å². The Bertz CT molecular complexity index is 1180. The van der Waals surface area contributed by atoms with Crippen molar-refractivity contribution in [2.24, 2.45) is 0 Å². The molecule has 0 unspecified atom stereocenters. The molecule has 0 bridgehead atoms. The van der Waals surface area contributed by atoms with Crippen molar-refractivity contribution in [1.82, 2.24) is 0 Å². The summed E-state index contributed by atoms with van der Waals surface area (Å²) in [6, 6.07) is 14.7. The highest BCUT2D eigenvalue weighted by atomic mass is 19.3. The van der Waals surface area contributed by atoms with Gasteiger partial charge in [-0.1, -0.05) is 55.8 Å². The molecule has 0 amide bonds. The number of halogens is 2. The van der Waals surface area contributed by atoms with Crippen LogP contribution in [-0.4, -0.2) is 49.2 Å². The van der Waals surface area contributed by atoms with Crippen LogP contribution in [0.4, 0.5) is 8.78 Å². The quantitative estimate of drug-likeness (QED) is 0.0577. The first kappa shape index (κ1) is 37.6. The number of ketones is 1. The average Bonchev–Trinajstić information content (AvgIpc) is 3.05. The van der Waals surface area contributed by atoms with E-state index >= 15 is 0 Å². The Morgan fingerprint density at radius 3 is 2.07 bits per heavy atom. The Morgan fingerprint density at radius 2 is 1.47 bits per heavy atom. The van der Waals surface area contributed by atoms with E-state index in [1.54, 1.807) is 21.1 Å². The summed E-state index contributed by atoms with van der Waals surface area (Å²) in [5.41, 5.74) is 1.79. The van der Waals surface area contributed by atoms with Crippen molar-refractivity contribution < 1.29 is 42.4 Å². The molecule has 9 heteroatoms. The molecule has 0 radical (unpaired) electrons. The Hall–Kier alpha value is -3.56. The fraction of sp³-hybridized carbons (Fsp3) is 0.500. The van der Waals surface area contributed by atoms with E-state index in [0.29, 0.717) is 44.3 Å². The van der Waals surface area contributed by atoms with Crippen LogP contribution in [0.25, 0.3) is 0 Å². The van der Waals surface area contributed by atoms with Crippen LogP contribution < -0.4 is 9.47 Å². The molecular weight excluding hydrogens is 582 g/mol. The highest BCUT2D eigenvalue weighted by molar-refractivity contribution is 5.95. The summed E-state index contributed by atoms with van der Waals surface area (Å²) in [7, 11) is 3.18. The molecule has 0 aliphatic rings. The molecule has 2 aromatic carbocycles. The molecule has 0 aliphatic heterocycles. The van der Waals surface area contributed by atoms with Crippen LogP contribution in [-0.2, 0) is 32.3 Å². The molecule has 2 atom stereocenters. The summed E-state index contributed by atoms with van der Waals surface area (Å²) >= 11 is 0. The molecule has 2 aromatic rings. The minimum absolute atomic E-state index is 0.215.